The number of hydrogen-bond donors (Lipinski definition) is 2. The van der Waals surface area contributed by atoms with Gasteiger partial charge in [-0.15, -0.1) is 0 Å². The number of carboxylic acids is 1. The molecule has 0 saturated heterocycles. The molecule has 0 heterocycles. The fraction of sp³-hybridized carbons (Fsp3) is 0.176. The highest BCUT2D eigenvalue weighted by Gasteiger charge is 2.06. The van der Waals surface area contributed by atoms with E-state index in [1.165, 1.54) is 12.1 Å². The van der Waals surface area contributed by atoms with Crippen LogP contribution >= 0.6 is 0 Å². The summed E-state index contributed by atoms with van der Waals surface area (Å²) < 4.78 is 10.4. The molecular weight excluding hydrogens is 298 g/mol. The Morgan fingerprint density at radius 1 is 1.09 bits per heavy atom. The summed E-state index contributed by atoms with van der Waals surface area (Å²) in [6.45, 7) is 0.104. The van der Waals surface area contributed by atoms with Gasteiger partial charge in [-0.25, -0.2) is 4.79 Å². The average Bonchev–Trinajstić information content (AvgIpc) is 2.58. The normalized spacial score (nSPS) is 9.96. The lowest BCUT2D eigenvalue weighted by Crippen LogP contribution is -2.28. The maximum Gasteiger partial charge on any atom is 0.335 e. The first-order valence-electron chi connectivity index (χ1n) is 6.94. The van der Waals surface area contributed by atoms with Gasteiger partial charge >= 0.3 is 5.97 Å². The Labute approximate surface area is 133 Å². The largest absolute Gasteiger partial charge is 0.497 e. The molecule has 0 spiro atoms. The van der Waals surface area contributed by atoms with Crippen LogP contribution in [-0.2, 0) is 11.3 Å². The Kier molecular flexibility index (Phi) is 5.57. The van der Waals surface area contributed by atoms with Gasteiger partial charge in [0.25, 0.3) is 5.91 Å². The Morgan fingerprint density at radius 2 is 1.83 bits per heavy atom. The van der Waals surface area contributed by atoms with E-state index in [4.69, 9.17) is 14.6 Å². The van der Waals surface area contributed by atoms with Gasteiger partial charge in [-0.1, -0.05) is 18.2 Å². The molecule has 0 aliphatic rings. The Morgan fingerprint density at radius 3 is 2.57 bits per heavy atom. The highest BCUT2D eigenvalue weighted by molar-refractivity contribution is 5.87. The van der Waals surface area contributed by atoms with Gasteiger partial charge in [0.2, 0.25) is 0 Å². The Balaban J connectivity index is 1.83. The number of hydrogen-bond acceptors (Lipinski definition) is 4. The molecule has 2 N–H and O–H groups in total. The molecule has 0 fully saturated rings. The van der Waals surface area contributed by atoms with Crippen LogP contribution in [0.5, 0.6) is 11.5 Å². The first kappa shape index (κ1) is 16.4. The Hall–Kier alpha value is -3.02. The van der Waals surface area contributed by atoms with E-state index in [0.717, 1.165) is 0 Å². The van der Waals surface area contributed by atoms with E-state index in [9.17, 15) is 9.59 Å². The third kappa shape index (κ3) is 5.03. The van der Waals surface area contributed by atoms with Gasteiger partial charge in [0, 0.05) is 12.6 Å². The lowest BCUT2D eigenvalue weighted by atomic mass is 10.1. The van der Waals surface area contributed by atoms with Crippen molar-refractivity contribution in [2.45, 2.75) is 6.54 Å². The van der Waals surface area contributed by atoms with E-state index in [-0.39, 0.29) is 24.6 Å². The second-order valence-corrected chi connectivity index (χ2v) is 4.75. The van der Waals surface area contributed by atoms with Crippen molar-refractivity contribution in [2.75, 3.05) is 13.7 Å². The summed E-state index contributed by atoms with van der Waals surface area (Å²) in [5, 5.41) is 11.6. The second kappa shape index (κ2) is 7.84. The van der Waals surface area contributed by atoms with Gasteiger partial charge in [-0.3, -0.25) is 4.79 Å². The van der Waals surface area contributed by atoms with Crippen molar-refractivity contribution in [2.24, 2.45) is 0 Å². The van der Waals surface area contributed by atoms with Crippen molar-refractivity contribution in [1.29, 1.82) is 0 Å². The van der Waals surface area contributed by atoms with Crippen molar-refractivity contribution >= 4 is 11.9 Å². The van der Waals surface area contributed by atoms with E-state index in [0.29, 0.717) is 17.1 Å². The lowest BCUT2D eigenvalue weighted by Gasteiger charge is -2.09. The van der Waals surface area contributed by atoms with Gasteiger partial charge in [0.05, 0.1) is 12.7 Å². The van der Waals surface area contributed by atoms with E-state index < -0.39 is 5.97 Å². The highest BCUT2D eigenvalue weighted by atomic mass is 16.5. The van der Waals surface area contributed by atoms with Gasteiger partial charge < -0.3 is 19.9 Å². The molecule has 0 aromatic heterocycles. The number of rotatable bonds is 7. The molecule has 120 valence electrons. The van der Waals surface area contributed by atoms with Crippen LogP contribution in [0.1, 0.15) is 15.9 Å². The van der Waals surface area contributed by atoms with Crippen molar-refractivity contribution in [1.82, 2.24) is 5.32 Å². The molecule has 23 heavy (non-hydrogen) atoms. The van der Waals surface area contributed by atoms with Crippen LogP contribution in [-0.4, -0.2) is 30.7 Å². The minimum absolute atomic E-state index is 0.133. The number of carbonyl (C=O) groups excluding carboxylic acids is 1. The first-order chi connectivity index (χ1) is 11.1. The lowest BCUT2D eigenvalue weighted by molar-refractivity contribution is -0.123. The zero-order valence-corrected chi connectivity index (χ0v) is 12.6. The molecule has 2 aromatic rings. The predicted molar refractivity (Wildman–Crippen MR) is 83.7 cm³/mol. The molecular formula is C17H17NO5. The minimum atomic E-state index is -1.00. The summed E-state index contributed by atoms with van der Waals surface area (Å²) >= 11 is 0. The van der Waals surface area contributed by atoms with E-state index in [1.54, 1.807) is 43.5 Å². The van der Waals surface area contributed by atoms with E-state index in [1.807, 2.05) is 0 Å². The van der Waals surface area contributed by atoms with Gasteiger partial charge in [0.1, 0.15) is 11.5 Å². The average molecular weight is 315 g/mol. The van der Waals surface area contributed by atoms with Crippen molar-refractivity contribution in [3.8, 4) is 11.5 Å². The maximum absolute atomic E-state index is 11.8. The minimum Gasteiger partial charge on any atom is -0.497 e. The molecule has 2 rings (SSSR count). The van der Waals surface area contributed by atoms with Gasteiger partial charge in [-0.2, -0.15) is 0 Å². The van der Waals surface area contributed by atoms with Crippen LogP contribution in [0.3, 0.4) is 0 Å². The number of benzene rings is 2. The molecule has 0 radical (unpaired) electrons. The molecule has 2 aromatic carbocycles. The number of carbonyl (C=O) groups is 2. The van der Waals surface area contributed by atoms with Crippen LogP contribution in [0.15, 0.2) is 48.5 Å². The number of methoxy groups -OCH3 is 1. The molecule has 0 aliphatic carbocycles. The number of ether oxygens (including phenoxy) is 2. The molecule has 0 unspecified atom stereocenters. The first-order valence-corrected chi connectivity index (χ1v) is 6.94. The number of amides is 1. The van der Waals surface area contributed by atoms with Gasteiger partial charge in [-0.05, 0) is 29.8 Å². The van der Waals surface area contributed by atoms with Gasteiger partial charge in [0.15, 0.2) is 6.61 Å². The molecule has 1 amide bonds. The third-order valence-corrected chi connectivity index (χ3v) is 3.07. The summed E-state index contributed by atoms with van der Waals surface area (Å²) in [5.41, 5.74) is 0.893. The number of aromatic carboxylic acids is 1. The highest BCUT2D eigenvalue weighted by Crippen LogP contribution is 2.18. The quantitative estimate of drug-likeness (QED) is 0.817. The molecule has 6 heteroatoms. The molecule has 6 nitrogen and oxygen atoms in total. The number of nitrogens with one attached hydrogen (secondary N) is 1. The van der Waals surface area contributed by atoms with Crippen molar-refractivity contribution in [3.63, 3.8) is 0 Å². The maximum atomic E-state index is 11.8. The topological polar surface area (TPSA) is 84.9 Å². The van der Waals surface area contributed by atoms with Crippen LogP contribution in [0.25, 0.3) is 0 Å². The zero-order valence-electron chi connectivity index (χ0n) is 12.6. The summed E-state index contributed by atoms with van der Waals surface area (Å²) in [4.78, 5) is 22.7. The Bertz CT molecular complexity index is 699. The molecule has 0 saturated carbocycles. The summed E-state index contributed by atoms with van der Waals surface area (Å²) in [7, 11) is 1.55. The summed E-state index contributed by atoms with van der Waals surface area (Å²) in [5.74, 6) is -0.117. The smallest absolute Gasteiger partial charge is 0.335 e. The number of carboxylic acid groups (broad SMARTS) is 1. The molecule has 0 bridgehead atoms. The second-order valence-electron chi connectivity index (χ2n) is 4.75. The van der Waals surface area contributed by atoms with Crippen LogP contribution < -0.4 is 14.8 Å². The van der Waals surface area contributed by atoms with Crippen LogP contribution in [0.2, 0.25) is 0 Å². The molecule has 0 aliphatic heterocycles. The fourth-order valence-electron chi connectivity index (χ4n) is 1.91. The van der Waals surface area contributed by atoms with Crippen molar-refractivity contribution in [3.05, 3.63) is 59.7 Å². The summed E-state index contributed by atoms with van der Waals surface area (Å²) in [6, 6.07) is 13.4. The fourth-order valence-corrected chi connectivity index (χ4v) is 1.91. The predicted octanol–water partition coefficient (Wildman–Crippen LogP) is 2.09. The van der Waals surface area contributed by atoms with Crippen LogP contribution in [0, 0.1) is 0 Å². The molecule has 0 atom stereocenters. The summed E-state index contributed by atoms with van der Waals surface area (Å²) in [6.07, 6.45) is 0. The monoisotopic (exact) mass is 315 g/mol. The standard InChI is InChI=1S/C17H17NO5/c1-22-14-6-3-7-15(9-14)23-11-16(19)18-10-12-4-2-5-13(8-12)17(20)21/h2-9H,10-11H2,1H3,(H,18,19)(H,20,21). The van der Waals surface area contributed by atoms with Crippen LogP contribution in [0.4, 0.5) is 0 Å². The zero-order chi connectivity index (χ0) is 16.7. The van der Waals surface area contributed by atoms with E-state index in [2.05, 4.69) is 5.32 Å². The SMILES string of the molecule is COc1cccc(OCC(=O)NCc2cccc(C(=O)O)c2)c1. The van der Waals surface area contributed by atoms with Crippen molar-refractivity contribution < 1.29 is 24.2 Å². The third-order valence-electron chi connectivity index (χ3n) is 3.07. The van der Waals surface area contributed by atoms with E-state index >= 15 is 0 Å².